The summed E-state index contributed by atoms with van der Waals surface area (Å²) < 4.78 is 6.49. The Balaban J connectivity index is 1.88. The Morgan fingerprint density at radius 1 is 1.10 bits per heavy atom. The minimum absolute atomic E-state index is 0.0245. The second-order valence-corrected chi connectivity index (χ2v) is 13.3. The third kappa shape index (κ3) is 9.38. The fraction of sp³-hybridized carbons (Fsp3) is 0.419. The van der Waals surface area contributed by atoms with Crippen molar-refractivity contribution >= 4 is 46.7 Å². The lowest BCUT2D eigenvalue weighted by Crippen LogP contribution is -2.41. The van der Waals surface area contributed by atoms with Gasteiger partial charge in [0.1, 0.15) is 12.1 Å². The molecule has 0 saturated carbocycles. The zero-order valence-electron chi connectivity index (χ0n) is 23.9. The number of hydrogen-bond donors (Lipinski definition) is 2. The van der Waals surface area contributed by atoms with Gasteiger partial charge in [-0.25, -0.2) is 4.79 Å². The molecular formula is C31H40N2O4S3. The van der Waals surface area contributed by atoms with Gasteiger partial charge >= 0.3 is 5.97 Å². The number of nitrogens with one attached hydrogen (secondary N) is 1. The molecule has 0 bridgehead atoms. The van der Waals surface area contributed by atoms with Crippen LogP contribution in [0.5, 0.6) is 0 Å². The lowest BCUT2D eigenvalue weighted by atomic mass is 9.93. The van der Waals surface area contributed by atoms with Crippen LogP contribution < -0.4 is 5.32 Å². The van der Waals surface area contributed by atoms with Crippen LogP contribution in [0.1, 0.15) is 50.7 Å². The lowest BCUT2D eigenvalue weighted by Gasteiger charge is -2.19. The van der Waals surface area contributed by atoms with E-state index in [9.17, 15) is 14.7 Å². The first kappa shape index (κ1) is 32.2. The van der Waals surface area contributed by atoms with E-state index >= 15 is 0 Å². The number of carbonyl (C=O) groups is 2. The minimum atomic E-state index is -1.02. The first-order valence-electron chi connectivity index (χ1n) is 13.4. The number of carboxylic acid groups (broad SMARTS) is 1. The van der Waals surface area contributed by atoms with Gasteiger partial charge in [-0.05, 0) is 91.7 Å². The summed E-state index contributed by atoms with van der Waals surface area (Å²) in [5.74, 6) is 1.13. The molecule has 0 aliphatic rings. The molecule has 1 heterocycles. The second-order valence-electron chi connectivity index (χ2n) is 9.84. The standard InChI is InChI=1S/C31H40N2O4S3/c1-6-39-20-28(29-14-12-23(40-29)18-33(3)4)37-19-22-11-13-25(26(17-22)24-10-8-7-9-21(24)2)30(34)32-27(31(35)36)15-16-38-5/h7-14,17,27-28H,6,15-16,18-20H2,1-5H3,(H,32,34)(H,35,36)/t27-,28+/m0/s1. The summed E-state index contributed by atoms with van der Waals surface area (Å²) in [6, 6.07) is 17.0. The molecule has 9 heteroatoms. The van der Waals surface area contributed by atoms with Crippen molar-refractivity contribution in [2.24, 2.45) is 0 Å². The van der Waals surface area contributed by atoms with Crippen molar-refractivity contribution in [2.45, 2.75) is 45.6 Å². The van der Waals surface area contributed by atoms with Crippen LogP contribution in [0.15, 0.2) is 54.6 Å². The molecule has 2 atom stereocenters. The molecule has 0 radical (unpaired) electrons. The average molecular weight is 601 g/mol. The summed E-state index contributed by atoms with van der Waals surface area (Å²) in [4.78, 5) is 29.9. The first-order chi connectivity index (χ1) is 19.2. The Bertz CT molecular complexity index is 1260. The molecule has 0 spiro atoms. The maximum absolute atomic E-state index is 13.4. The van der Waals surface area contributed by atoms with Gasteiger partial charge in [0, 0.05) is 27.6 Å². The molecule has 0 aliphatic carbocycles. The zero-order valence-corrected chi connectivity index (χ0v) is 26.4. The third-order valence-electron chi connectivity index (χ3n) is 6.37. The smallest absolute Gasteiger partial charge is 0.326 e. The van der Waals surface area contributed by atoms with Gasteiger partial charge in [-0.3, -0.25) is 4.79 Å². The minimum Gasteiger partial charge on any atom is -0.480 e. The van der Waals surface area contributed by atoms with E-state index in [1.807, 2.05) is 61.3 Å². The number of carbonyl (C=O) groups excluding carboxylic acids is 1. The summed E-state index contributed by atoms with van der Waals surface area (Å²) in [5.41, 5.74) is 4.17. The summed E-state index contributed by atoms with van der Waals surface area (Å²) >= 11 is 5.21. The Labute approximate surface area is 250 Å². The summed E-state index contributed by atoms with van der Waals surface area (Å²) in [6.07, 6.45) is 2.26. The van der Waals surface area contributed by atoms with Crippen molar-refractivity contribution in [3.05, 3.63) is 81.0 Å². The van der Waals surface area contributed by atoms with E-state index in [1.165, 1.54) is 9.75 Å². The third-order valence-corrected chi connectivity index (χ3v) is 9.13. The molecule has 1 amide bonds. The van der Waals surface area contributed by atoms with Gasteiger partial charge < -0.3 is 20.1 Å². The topological polar surface area (TPSA) is 78.9 Å². The highest BCUT2D eigenvalue weighted by molar-refractivity contribution is 7.99. The van der Waals surface area contributed by atoms with Gasteiger partial charge in [0.2, 0.25) is 0 Å². The van der Waals surface area contributed by atoms with Crippen LogP contribution in [0.3, 0.4) is 0 Å². The summed E-state index contributed by atoms with van der Waals surface area (Å²) in [6.45, 7) is 5.48. The van der Waals surface area contributed by atoms with Crippen LogP contribution in [0.25, 0.3) is 11.1 Å². The molecule has 3 rings (SSSR count). The molecule has 40 heavy (non-hydrogen) atoms. The number of nitrogens with zero attached hydrogens (tertiary/aromatic N) is 1. The fourth-order valence-electron chi connectivity index (χ4n) is 4.30. The molecule has 216 valence electrons. The van der Waals surface area contributed by atoms with Crippen molar-refractivity contribution in [3.8, 4) is 11.1 Å². The van der Waals surface area contributed by atoms with E-state index in [-0.39, 0.29) is 12.0 Å². The number of aliphatic carboxylic acids is 1. The van der Waals surface area contributed by atoms with E-state index in [1.54, 1.807) is 29.2 Å². The average Bonchev–Trinajstić information content (AvgIpc) is 3.38. The predicted molar refractivity (Wildman–Crippen MR) is 171 cm³/mol. The van der Waals surface area contributed by atoms with Crippen molar-refractivity contribution in [1.29, 1.82) is 0 Å². The molecule has 0 saturated heterocycles. The number of rotatable bonds is 16. The monoisotopic (exact) mass is 600 g/mol. The molecule has 1 aromatic heterocycles. The number of benzene rings is 2. The van der Waals surface area contributed by atoms with Gasteiger partial charge in [0.15, 0.2) is 0 Å². The maximum atomic E-state index is 13.4. The van der Waals surface area contributed by atoms with Gasteiger partial charge in [-0.15, -0.1) is 11.3 Å². The van der Waals surface area contributed by atoms with Gasteiger partial charge in [0.05, 0.1) is 6.61 Å². The second kappa shape index (κ2) is 16.2. The molecule has 6 nitrogen and oxygen atoms in total. The van der Waals surface area contributed by atoms with Gasteiger partial charge in [0.25, 0.3) is 5.91 Å². The van der Waals surface area contributed by atoms with E-state index < -0.39 is 12.0 Å². The highest BCUT2D eigenvalue weighted by Gasteiger charge is 2.23. The quantitative estimate of drug-likeness (QED) is 0.189. The molecule has 2 N–H and O–H groups in total. The molecule has 2 aromatic carbocycles. The van der Waals surface area contributed by atoms with Crippen molar-refractivity contribution < 1.29 is 19.4 Å². The van der Waals surface area contributed by atoms with Crippen molar-refractivity contribution in [1.82, 2.24) is 10.2 Å². The van der Waals surface area contributed by atoms with Gasteiger partial charge in [-0.2, -0.15) is 23.5 Å². The van der Waals surface area contributed by atoms with E-state index in [2.05, 4.69) is 43.4 Å². The Hall–Kier alpha value is -2.30. The maximum Gasteiger partial charge on any atom is 0.326 e. The Morgan fingerprint density at radius 2 is 1.88 bits per heavy atom. The zero-order chi connectivity index (χ0) is 29.1. The van der Waals surface area contributed by atoms with E-state index in [0.717, 1.165) is 40.3 Å². The van der Waals surface area contributed by atoms with Crippen molar-refractivity contribution in [3.63, 3.8) is 0 Å². The molecule has 0 aliphatic heterocycles. The lowest BCUT2D eigenvalue weighted by molar-refractivity contribution is -0.139. The Morgan fingerprint density at radius 3 is 2.55 bits per heavy atom. The molecule has 0 unspecified atom stereocenters. The van der Waals surface area contributed by atoms with Crippen LogP contribution in [0, 0.1) is 6.92 Å². The highest BCUT2D eigenvalue weighted by Crippen LogP contribution is 2.32. The number of thioether (sulfide) groups is 2. The summed E-state index contributed by atoms with van der Waals surface area (Å²) in [5, 5.41) is 12.4. The van der Waals surface area contributed by atoms with Crippen LogP contribution in [-0.2, 0) is 22.7 Å². The number of thiophene rings is 1. The van der Waals surface area contributed by atoms with E-state index in [4.69, 9.17) is 4.74 Å². The SMILES string of the molecule is CCSC[C@@H](OCc1ccc(C(=O)N[C@@H](CCSC)C(=O)O)c(-c2ccccc2C)c1)c1ccc(CN(C)C)s1. The van der Waals surface area contributed by atoms with Crippen LogP contribution in [0.2, 0.25) is 0 Å². The summed E-state index contributed by atoms with van der Waals surface area (Å²) in [7, 11) is 4.14. The van der Waals surface area contributed by atoms with Crippen LogP contribution in [0.4, 0.5) is 0 Å². The first-order valence-corrected chi connectivity index (χ1v) is 16.7. The molecular weight excluding hydrogens is 561 g/mol. The number of carboxylic acids is 1. The highest BCUT2D eigenvalue weighted by atomic mass is 32.2. The number of ether oxygens (including phenoxy) is 1. The molecule has 3 aromatic rings. The normalized spacial score (nSPS) is 12.8. The van der Waals surface area contributed by atoms with E-state index in [0.29, 0.717) is 24.3 Å². The van der Waals surface area contributed by atoms with Gasteiger partial charge in [-0.1, -0.05) is 37.3 Å². The van der Waals surface area contributed by atoms with Crippen LogP contribution in [-0.4, -0.2) is 65.5 Å². The largest absolute Gasteiger partial charge is 0.480 e. The van der Waals surface area contributed by atoms with Crippen LogP contribution >= 0.6 is 34.9 Å². The fourth-order valence-corrected chi connectivity index (χ4v) is 6.79. The Kier molecular flexibility index (Phi) is 13.1. The number of hydrogen-bond acceptors (Lipinski definition) is 7. The number of amides is 1. The molecule has 0 fully saturated rings. The number of aryl methyl sites for hydroxylation is 1. The predicted octanol–water partition coefficient (Wildman–Crippen LogP) is 6.73. The van der Waals surface area contributed by atoms with Crippen molar-refractivity contribution in [2.75, 3.05) is 37.6 Å².